The number of hydrogen-bond acceptors (Lipinski definition) is 4. The maximum atomic E-state index is 13.1. The van der Waals surface area contributed by atoms with Gasteiger partial charge in [-0.05, 0) is 36.4 Å². The van der Waals surface area contributed by atoms with Gasteiger partial charge in [-0.1, -0.05) is 30.0 Å². The number of allylic oxidation sites excluding steroid dienone is 1. The normalized spacial score (nSPS) is 14.4. The summed E-state index contributed by atoms with van der Waals surface area (Å²) in [5.74, 6) is 0.241. The lowest BCUT2D eigenvalue weighted by Crippen LogP contribution is -2.49. The number of amides is 1. The fourth-order valence-electron chi connectivity index (χ4n) is 3.55. The van der Waals surface area contributed by atoms with Gasteiger partial charge < -0.3 is 14.4 Å². The third-order valence-electron chi connectivity index (χ3n) is 5.08. The smallest absolute Gasteiger partial charge is 0.233 e. The lowest BCUT2D eigenvalue weighted by Gasteiger charge is -2.36. The van der Waals surface area contributed by atoms with Gasteiger partial charge in [0, 0.05) is 38.4 Å². The first-order chi connectivity index (χ1) is 14.2. The first-order valence-corrected chi connectivity index (χ1v) is 10.6. The second-order valence-electron chi connectivity index (χ2n) is 6.92. The molecule has 5 nitrogen and oxygen atoms in total. The quantitative estimate of drug-likeness (QED) is 0.458. The molecule has 7 heteroatoms. The maximum absolute atomic E-state index is 13.1. The standard InChI is InChI=1S/C22H23FN4OS/c1-2-11-27-20-6-4-3-5-19(20)24-22(27)29-16-21(28)26-14-12-25(13-15-26)18-9-7-17(23)8-10-18/h2-10H,1,11-16H2. The molecule has 1 amide bonds. The number of hydrogen-bond donors (Lipinski definition) is 0. The van der Waals surface area contributed by atoms with Crippen molar-refractivity contribution in [1.29, 1.82) is 0 Å². The average Bonchev–Trinajstić information content (AvgIpc) is 3.10. The van der Waals surface area contributed by atoms with Crippen molar-refractivity contribution < 1.29 is 9.18 Å². The number of benzene rings is 2. The largest absolute Gasteiger partial charge is 0.368 e. The first-order valence-electron chi connectivity index (χ1n) is 9.63. The van der Waals surface area contributed by atoms with Crippen LogP contribution in [0.5, 0.6) is 0 Å². The van der Waals surface area contributed by atoms with Crippen molar-refractivity contribution in [3.63, 3.8) is 0 Å². The van der Waals surface area contributed by atoms with Crippen LogP contribution in [-0.4, -0.2) is 52.3 Å². The van der Waals surface area contributed by atoms with Crippen molar-refractivity contribution in [2.24, 2.45) is 0 Å². The zero-order chi connectivity index (χ0) is 20.2. The third kappa shape index (κ3) is 4.29. The minimum atomic E-state index is -0.234. The van der Waals surface area contributed by atoms with E-state index in [1.165, 1.54) is 23.9 Å². The summed E-state index contributed by atoms with van der Waals surface area (Å²) in [7, 11) is 0. The Balaban J connectivity index is 1.36. The van der Waals surface area contributed by atoms with Crippen LogP contribution in [0.4, 0.5) is 10.1 Å². The Kier molecular flexibility index (Phi) is 5.85. The van der Waals surface area contributed by atoms with Crippen LogP contribution in [0.2, 0.25) is 0 Å². The van der Waals surface area contributed by atoms with E-state index in [0.29, 0.717) is 25.4 Å². The van der Waals surface area contributed by atoms with Gasteiger partial charge >= 0.3 is 0 Å². The minimum absolute atomic E-state index is 0.117. The molecule has 1 fully saturated rings. The van der Waals surface area contributed by atoms with Gasteiger partial charge in [0.05, 0.1) is 16.8 Å². The molecule has 0 spiro atoms. The van der Waals surface area contributed by atoms with Gasteiger partial charge in [0.1, 0.15) is 5.82 Å². The van der Waals surface area contributed by atoms with Gasteiger partial charge in [-0.15, -0.1) is 6.58 Å². The van der Waals surface area contributed by atoms with E-state index >= 15 is 0 Å². The summed E-state index contributed by atoms with van der Waals surface area (Å²) >= 11 is 1.47. The summed E-state index contributed by atoms with van der Waals surface area (Å²) in [5.41, 5.74) is 2.97. The van der Waals surface area contributed by atoms with E-state index < -0.39 is 0 Å². The zero-order valence-electron chi connectivity index (χ0n) is 16.1. The predicted molar refractivity (Wildman–Crippen MR) is 116 cm³/mol. The molecule has 0 unspecified atom stereocenters. The SMILES string of the molecule is C=CCn1c(SCC(=O)N2CCN(c3ccc(F)cc3)CC2)nc2ccccc21. The van der Waals surface area contributed by atoms with Crippen LogP contribution >= 0.6 is 11.8 Å². The molecule has 0 N–H and O–H groups in total. The number of anilines is 1. The van der Waals surface area contributed by atoms with Crippen LogP contribution in [0.25, 0.3) is 11.0 Å². The third-order valence-corrected chi connectivity index (χ3v) is 6.04. The van der Waals surface area contributed by atoms with Gasteiger partial charge in [-0.3, -0.25) is 4.79 Å². The molecule has 1 aliphatic heterocycles. The molecule has 0 atom stereocenters. The van der Waals surface area contributed by atoms with E-state index in [4.69, 9.17) is 0 Å². The average molecular weight is 411 g/mol. The Bertz CT molecular complexity index is 1010. The van der Waals surface area contributed by atoms with Crippen molar-refractivity contribution in [2.75, 3.05) is 36.8 Å². The molecule has 0 saturated carbocycles. The summed E-state index contributed by atoms with van der Waals surface area (Å²) in [6.45, 7) is 7.32. The van der Waals surface area contributed by atoms with Crippen LogP contribution in [0, 0.1) is 5.82 Å². The number of halogens is 1. The maximum Gasteiger partial charge on any atom is 0.233 e. The summed E-state index contributed by atoms with van der Waals surface area (Å²) in [5, 5.41) is 0.837. The summed E-state index contributed by atoms with van der Waals surface area (Å²) in [4.78, 5) is 21.5. The summed E-state index contributed by atoms with van der Waals surface area (Å²) < 4.78 is 15.2. The molecule has 1 aliphatic rings. The summed E-state index contributed by atoms with van der Waals surface area (Å²) in [6, 6.07) is 14.5. The molecular formula is C22H23FN4OS. The van der Waals surface area contributed by atoms with Crippen LogP contribution < -0.4 is 4.90 Å². The van der Waals surface area contributed by atoms with Gasteiger partial charge in [0.2, 0.25) is 5.91 Å². The topological polar surface area (TPSA) is 41.4 Å². The molecule has 3 aromatic rings. The fourth-order valence-corrected chi connectivity index (χ4v) is 4.48. The van der Waals surface area contributed by atoms with Crippen molar-refractivity contribution in [3.8, 4) is 0 Å². The number of imidazole rings is 1. The van der Waals surface area contributed by atoms with Crippen LogP contribution in [0.1, 0.15) is 0 Å². The molecular weight excluding hydrogens is 387 g/mol. The number of piperazine rings is 1. The second kappa shape index (κ2) is 8.69. The molecule has 0 bridgehead atoms. The van der Waals surface area contributed by atoms with Crippen LogP contribution in [0.3, 0.4) is 0 Å². The van der Waals surface area contributed by atoms with E-state index in [1.807, 2.05) is 35.2 Å². The van der Waals surface area contributed by atoms with Gasteiger partial charge in [-0.2, -0.15) is 0 Å². The Hall–Kier alpha value is -2.80. The van der Waals surface area contributed by atoms with E-state index in [1.54, 1.807) is 12.1 Å². The molecule has 4 rings (SSSR count). The van der Waals surface area contributed by atoms with Gasteiger partial charge in [-0.25, -0.2) is 9.37 Å². The van der Waals surface area contributed by atoms with Crippen molar-refractivity contribution in [1.82, 2.24) is 14.5 Å². The van der Waals surface area contributed by atoms with Crippen molar-refractivity contribution in [3.05, 3.63) is 67.0 Å². The Labute approximate surface area is 173 Å². The molecule has 0 aliphatic carbocycles. The lowest BCUT2D eigenvalue weighted by molar-refractivity contribution is -0.128. The first kappa shape index (κ1) is 19.5. The highest BCUT2D eigenvalue weighted by atomic mass is 32.2. The predicted octanol–water partition coefficient (Wildman–Crippen LogP) is 3.80. The highest BCUT2D eigenvalue weighted by molar-refractivity contribution is 7.99. The lowest BCUT2D eigenvalue weighted by atomic mass is 10.2. The molecule has 1 aromatic heterocycles. The van der Waals surface area contributed by atoms with E-state index in [2.05, 4.69) is 21.0 Å². The summed E-state index contributed by atoms with van der Waals surface area (Å²) in [6.07, 6.45) is 1.84. The van der Waals surface area contributed by atoms with Gasteiger partial charge in [0.25, 0.3) is 0 Å². The number of para-hydroxylation sites is 2. The number of fused-ring (bicyclic) bond motifs is 1. The number of carbonyl (C=O) groups excluding carboxylic acids is 1. The second-order valence-corrected chi connectivity index (χ2v) is 7.86. The van der Waals surface area contributed by atoms with Crippen molar-refractivity contribution >= 4 is 34.4 Å². The number of aromatic nitrogens is 2. The Morgan fingerprint density at radius 3 is 2.55 bits per heavy atom. The monoisotopic (exact) mass is 410 g/mol. The molecule has 29 heavy (non-hydrogen) atoms. The number of carbonyl (C=O) groups is 1. The fraction of sp³-hybridized carbons (Fsp3) is 0.273. The molecule has 150 valence electrons. The number of rotatable bonds is 6. The molecule has 2 aromatic carbocycles. The zero-order valence-corrected chi connectivity index (χ0v) is 16.9. The molecule has 1 saturated heterocycles. The minimum Gasteiger partial charge on any atom is -0.368 e. The highest BCUT2D eigenvalue weighted by Crippen LogP contribution is 2.25. The molecule has 0 radical (unpaired) electrons. The van der Waals surface area contributed by atoms with Crippen LogP contribution in [-0.2, 0) is 11.3 Å². The van der Waals surface area contributed by atoms with E-state index in [0.717, 1.165) is 35.0 Å². The van der Waals surface area contributed by atoms with E-state index in [-0.39, 0.29) is 11.7 Å². The Morgan fingerprint density at radius 1 is 1.10 bits per heavy atom. The van der Waals surface area contributed by atoms with E-state index in [9.17, 15) is 9.18 Å². The highest BCUT2D eigenvalue weighted by Gasteiger charge is 2.22. The number of nitrogens with zero attached hydrogens (tertiary/aromatic N) is 4. The molecule has 2 heterocycles. The van der Waals surface area contributed by atoms with Crippen molar-refractivity contribution in [2.45, 2.75) is 11.7 Å². The van der Waals surface area contributed by atoms with Gasteiger partial charge in [0.15, 0.2) is 5.16 Å². The Morgan fingerprint density at radius 2 is 1.83 bits per heavy atom. The van der Waals surface area contributed by atoms with Crippen LogP contribution in [0.15, 0.2) is 66.3 Å². The number of thioether (sulfide) groups is 1.